The fourth-order valence-corrected chi connectivity index (χ4v) is 2.47. The summed E-state index contributed by atoms with van der Waals surface area (Å²) in [5.74, 6) is 0. The van der Waals surface area contributed by atoms with Crippen LogP contribution in [0.5, 0.6) is 0 Å². The molecule has 1 rings (SSSR count). The van der Waals surface area contributed by atoms with E-state index in [9.17, 15) is 0 Å². The molecule has 1 aliphatic heterocycles. The predicted molar refractivity (Wildman–Crippen MR) is 63.5 cm³/mol. The van der Waals surface area contributed by atoms with E-state index in [-0.39, 0.29) is 0 Å². The maximum absolute atomic E-state index is 3.62. The number of piperidine rings is 1. The summed E-state index contributed by atoms with van der Waals surface area (Å²) in [4.78, 5) is 0. The van der Waals surface area contributed by atoms with E-state index in [1.54, 1.807) is 11.1 Å². The van der Waals surface area contributed by atoms with E-state index in [4.69, 9.17) is 0 Å². The van der Waals surface area contributed by atoms with Crippen LogP contribution in [0.25, 0.3) is 0 Å². The molecule has 1 nitrogen and oxygen atoms in total. The molecule has 1 aliphatic rings. The van der Waals surface area contributed by atoms with Crippen LogP contribution < -0.4 is 5.32 Å². The van der Waals surface area contributed by atoms with Crippen molar-refractivity contribution in [3.05, 3.63) is 11.1 Å². The van der Waals surface area contributed by atoms with Crippen molar-refractivity contribution in [2.75, 3.05) is 6.54 Å². The van der Waals surface area contributed by atoms with Gasteiger partial charge in [0.05, 0.1) is 0 Å². The van der Waals surface area contributed by atoms with Crippen molar-refractivity contribution in [2.24, 2.45) is 0 Å². The summed E-state index contributed by atoms with van der Waals surface area (Å²) in [7, 11) is 0. The van der Waals surface area contributed by atoms with Gasteiger partial charge in [-0.1, -0.05) is 31.4 Å². The second kappa shape index (κ2) is 6.23. The summed E-state index contributed by atoms with van der Waals surface area (Å²) >= 11 is 0. The molecule has 0 radical (unpaired) electrons. The standard InChI is InChI=1S/C13H25N/c1-4-12(5-2)11(3)10-13-8-6-7-9-14-13/h13-14H,4-10H2,1-3H3. The van der Waals surface area contributed by atoms with Crippen LogP contribution in [0.3, 0.4) is 0 Å². The molecule has 0 aromatic rings. The fraction of sp³-hybridized carbons (Fsp3) is 0.846. The maximum Gasteiger partial charge on any atom is 0.0104 e. The molecule has 0 bridgehead atoms. The molecular formula is C13H25N. The van der Waals surface area contributed by atoms with Gasteiger partial charge < -0.3 is 5.32 Å². The van der Waals surface area contributed by atoms with E-state index in [1.165, 1.54) is 45.1 Å². The third-order valence-electron chi connectivity index (χ3n) is 3.42. The van der Waals surface area contributed by atoms with Crippen molar-refractivity contribution < 1.29 is 0 Å². The van der Waals surface area contributed by atoms with E-state index in [2.05, 4.69) is 26.1 Å². The molecule has 0 saturated carbocycles. The Kier molecular flexibility index (Phi) is 5.24. The van der Waals surface area contributed by atoms with Crippen LogP contribution in [-0.2, 0) is 0 Å². The lowest BCUT2D eigenvalue weighted by Gasteiger charge is -2.24. The molecule has 0 aromatic carbocycles. The maximum atomic E-state index is 3.62. The average molecular weight is 195 g/mol. The highest BCUT2D eigenvalue weighted by Crippen LogP contribution is 2.20. The van der Waals surface area contributed by atoms with E-state index in [0.717, 1.165) is 6.04 Å². The van der Waals surface area contributed by atoms with Crippen LogP contribution in [0.15, 0.2) is 11.1 Å². The van der Waals surface area contributed by atoms with Crippen molar-refractivity contribution in [1.82, 2.24) is 5.32 Å². The van der Waals surface area contributed by atoms with Crippen LogP contribution in [0.2, 0.25) is 0 Å². The Hall–Kier alpha value is -0.300. The van der Waals surface area contributed by atoms with Gasteiger partial charge in [-0.2, -0.15) is 0 Å². The lowest BCUT2D eigenvalue weighted by molar-refractivity contribution is 0.397. The highest BCUT2D eigenvalue weighted by atomic mass is 14.9. The Morgan fingerprint density at radius 3 is 2.43 bits per heavy atom. The van der Waals surface area contributed by atoms with Crippen molar-refractivity contribution in [3.63, 3.8) is 0 Å². The molecule has 1 fully saturated rings. The van der Waals surface area contributed by atoms with Crippen LogP contribution >= 0.6 is 0 Å². The first kappa shape index (κ1) is 11.8. The van der Waals surface area contributed by atoms with Gasteiger partial charge in [-0.15, -0.1) is 0 Å². The van der Waals surface area contributed by atoms with Gasteiger partial charge in [0, 0.05) is 6.04 Å². The second-order valence-electron chi connectivity index (χ2n) is 4.44. The van der Waals surface area contributed by atoms with Gasteiger partial charge in [-0.05, 0) is 45.6 Å². The summed E-state index contributed by atoms with van der Waals surface area (Å²) in [6, 6.07) is 0.761. The zero-order valence-corrected chi connectivity index (χ0v) is 10.0. The zero-order valence-electron chi connectivity index (χ0n) is 10.0. The molecule has 1 saturated heterocycles. The van der Waals surface area contributed by atoms with Gasteiger partial charge >= 0.3 is 0 Å². The molecule has 0 aliphatic carbocycles. The smallest absolute Gasteiger partial charge is 0.0104 e. The molecule has 1 N–H and O–H groups in total. The van der Waals surface area contributed by atoms with Gasteiger partial charge in [0.1, 0.15) is 0 Å². The van der Waals surface area contributed by atoms with Crippen LogP contribution in [0.1, 0.15) is 59.3 Å². The summed E-state index contributed by atoms with van der Waals surface area (Å²) in [5, 5.41) is 3.62. The molecule has 0 amide bonds. The SMILES string of the molecule is CCC(CC)=C(C)CC1CCCCN1. The van der Waals surface area contributed by atoms with Gasteiger partial charge in [-0.25, -0.2) is 0 Å². The molecular weight excluding hydrogens is 170 g/mol. The topological polar surface area (TPSA) is 12.0 Å². The Bertz CT molecular complexity index is 181. The van der Waals surface area contributed by atoms with Gasteiger partial charge in [0.15, 0.2) is 0 Å². The molecule has 0 spiro atoms. The van der Waals surface area contributed by atoms with Gasteiger partial charge in [-0.3, -0.25) is 0 Å². The Balaban J connectivity index is 2.44. The number of allylic oxidation sites excluding steroid dienone is 1. The molecule has 1 unspecified atom stereocenters. The van der Waals surface area contributed by atoms with E-state index >= 15 is 0 Å². The van der Waals surface area contributed by atoms with E-state index in [0.29, 0.717) is 0 Å². The lowest BCUT2D eigenvalue weighted by atomic mass is 9.94. The first-order valence-corrected chi connectivity index (χ1v) is 6.18. The third kappa shape index (κ3) is 3.45. The molecule has 1 heterocycles. The predicted octanol–water partition coefficient (Wildman–Crippen LogP) is 3.66. The van der Waals surface area contributed by atoms with Gasteiger partial charge in [0.2, 0.25) is 0 Å². The normalized spacial score (nSPS) is 22.1. The first-order valence-electron chi connectivity index (χ1n) is 6.18. The summed E-state index contributed by atoms with van der Waals surface area (Å²) in [5.41, 5.74) is 3.30. The molecule has 0 aromatic heterocycles. The monoisotopic (exact) mass is 195 g/mol. The van der Waals surface area contributed by atoms with Crippen LogP contribution in [-0.4, -0.2) is 12.6 Å². The first-order chi connectivity index (χ1) is 6.77. The minimum Gasteiger partial charge on any atom is -0.314 e. The average Bonchev–Trinajstić information content (AvgIpc) is 2.21. The number of nitrogens with one attached hydrogen (secondary N) is 1. The van der Waals surface area contributed by atoms with Crippen molar-refractivity contribution in [3.8, 4) is 0 Å². The summed E-state index contributed by atoms with van der Waals surface area (Å²) in [6.07, 6.45) is 7.89. The Morgan fingerprint density at radius 2 is 1.93 bits per heavy atom. The van der Waals surface area contributed by atoms with Crippen molar-refractivity contribution in [1.29, 1.82) is 0 Å². The quantitative estimate of drug-likeness (QED) is 0.675. The third-order valence-corrected chi connectivity index (χ3v) is 3.42. The van der Waals surface area contributed by atoms with Crippen molar-refractivity contribution in [2.45, 2.75) is 65.3 Å². The largest absolute Gasteiger partial charge is 0.314 e. The molecule has 1 heteroatoms. The lowest BCUT2D eigenvalue weighted by Crippen LogP contribution is -2.34. The minimum absolute atomic E-state index is 0.761. The van der Waals surface area contributed by atoms with E-state index < -0.39 is 0 Å². The molecule has 82 valence electrons. The fourth-order valence-electron chi connectivity index (χ4n) is 2.47. The summed E-state index contributed by atoms with van der Waals surface area (Å²) in [6.45, 7) is 8.09. The van der Waals surface area contributed by atoms with Crippen LogP contribution in [0.4, 0.5) is 0 Å². The summed E-state index contributed by atoms with van der Waals surface area (Å²) < 4.78 is 0. The Labute approximate surface area is 89.0 Å². The molecule has 14 heavy (non-hydrogen) atoms. The van der Waals surface area contributed by atoms with Crippen LogP contribution in [0, 0.1) is 0 Å². The number of hydrogen-bond acceptors (Lipinski definition) is 1. The van der Waals surface area contributed by atoms with Gasteiger partial charge in [0.25, 0.3) is 0 Å². The highest BCUT2D eigenvalue weighted by Gasteiger charge is 2.13. The molecule has 1 atom stereocenters. The van der Waals surface area contributed by atoms with E-state index in [1.807, 2.05) is 0 Å². The zero-order chi connectivity index (χ0) is 10.4. The second-order valence-corrected chi connectivity index (χ2v) is 4.44. The Morgan fingerprint density at radius 1 is 1.21 bits per heavy atom. The number of hydrogen-bond donors (Lipinski definition) is 1. The van der Waals surface area contributed by atoms with Crippen molar-refractivity contribution >= 4 is 0 Å². The number of rotatable bonds is 4. The minimum atomic E-state index is 0.761. The highest BCUT2D eigenvalue weighted by molar-refractivity contribution is 5.12.